The van der Waals surface area contributed by atoms with Gasteiger partial charge in [-0.2, -0.15) is 9.84 Å². The fourth-order valence-electron chi connectivity index (χ4n) is 5.96. The first-order valence-electron chi connectivity index (χ1n) is 13.1. The van der Waals surface area contributed by atoms with Gasteiger partial charge in [0.25, 0.3) is 5.70 Å². The van der Waals surface area contributed by atoms with E-state index in [2.05, 4.69) is 47.0 Å². The minimum atomic E-state index is -0.113. The number of rotatable bonds is 4. The lowest BCUT2D eigenvalue weighted by molar-refractivity contribution is -0.475. The molecule has 1 N–H and O–H groups in total. The Labute approximate surface area is 228 Å². The molecule has 39 heavy (non-hydrogen) atoms. The molecular formula is C35H27N2O2+. The third-order valence-electron chi connectivity index (χ3n) is 7.57. The van der Waals surface area contributed by atoms with Crippen molar-refractivity contribution in [1.82, 2.24) is 0 Å². The zero-order valence-electron chi connectivity index (χ0n) is 21.9. The molecule has 1 heterocycles. The quantitative estimate of drug-likeness (QED) is 0.165. The number of hydrogen-bond donors (Lipinski definition) is 1. The van der Waals surface area contributed by atoms with Crippen LogP contribution in [0.2, 0.25) is 0 Å². The van der Waals surface area contributed by atoms with Crippen LogP contribution in [0.25, 0.3) is 16.7 Å². The van der Waals surface area contributed by atoms with E-state index in [9.17, 15) is 15.2 Å². The van der Waals surface area contributed by atoms with Crippen molar-refractivity contribution in [3.63, 3.8) is 0 Å². The summed E-state index contributed by atoms with van der Waals surface area (Å²) in [6.45, 7) is 3.82. The van der Waals surface area contributed by atoms with E-state index in [1.165, 1.54) is 5.56 Å². The molecule has 0 atom stereocenters. The molecule has 0 saturated carbocycles. The lowest BCUT2D eigenvalue weighted by Crippen LogP contribution is -2.33. The van der Waals surface area contributed by atoms with Crippen molar-refractivity contribution in [3.05, 3.63) is 147 Å². The van der Waals surface area contributed by atoms with Gasteiger partial charge in [0.2, 0.25) is 5.71 Å². The number of carbonyl (C=O) groups excluding carboxylic acids is 1. The number of fused-ring (bicyclic) bond motifs is 4. The Kier molecular flexibility index (Phi) is 6.05. The summed E-state index contributed by atoms with van der Waals surface area (Å²) in [5, 5.41) is 20.7. The van der Waals surface area contributed by atoms with Crippen molar-refractivity contribution in [3.8, 4) is 17.2 Å². The highest BCUT2D eigenvalue weighted by molar-refractivity contribution is 6.15. The van der Waals surface area contributed by atoms with E-state index in [1.807, 2.05) is 48.5 Å². The molecule has 4 aromatic carbocycles. The summed E-state index contributed by atoms with van der Waals surface area (Å²) in [6.07, 6.45) is 0.764. The van der Waals surface area contributed by atoms with Crippen LogP contribution in [-0.4, -0.2) is 27.7 Å². The molecule has 0 spiro atoms. The zero-order valence-corrected chi connectivity index (χ0v) is 21.9. The fourth-order valence-corrected chi connectivity index (χ4v) is 5.96. The van der Waals surface area contributed by atoms with Crippen LogP contribution in [0.3, 0.4) is 0 Å². The summed E-state index contributed by atoms with van der Waals surface area (Å²) < 4.78 is 2.09. The van der Waals surface area contributed by atoms with E-state index in [-0.39, 0.29) is 11.5 Å². The highest BCUT2D eigenvalue weighted by Crippen LogP contribution is 2.47. The van der Waals surface area contributed by atoms with E-state index in [1.54, 1.807) is 26.0 Å². The molecule has 4 heteroatoms. The number of Topliss-reactive ketones (excluding diaryl/α,β-unsaturated/α-hetero) is 1. The van der Waals surface area contributed by atoms with Crippen LogP contribution < -0.4 is 0 Å². The normalized spacial score (nSPS) is 14.1. The van der Waals surface area contributed by atoms with Gasteiger partial charge < -0.3 is 5.11 Å². The van der Waals surface area contributed by atoms with Crippen molar-refractivity contribution in [2.75, 3.05) is 6.54 Å². The topological polar surface area (TPSA) is 64.1 Å². The van der Waals surface area contributed by atoms with E-state index < -0.39 is 0 Å². The third kappa shape index (κ3) is 4.00. The lowest BCUT2D eigenvalue weighted by Gasteiger charge is -2.22. The predicted molar refractivity (Wildman–Crippen MR) is 154 cm³/mol. The Hall–Kier alpha value is -5.01. The number of allylic oxidation sites excluding steroid dienone is 2. The Balaban J connectivity index is 1.71. The van der Waals surface area contributed by atoms with Crippen LogP contribution in [0.4, 0.5) is 0 Å². The second-order valence-electron chi connectivity index (χ2n) is 9.93. The molecule has 0 unspecified atom stereocenters. The lowest BCUT2D eigenvalue weighted by atomic mass is 9.89. The van der Waals surface area contributed by atoms with Gasteiger partial charge in [-0.15, -0.1) is 0 Å². The number of benzene rings is 4. The van der Waals surface area contributed by atoms with Crippen LogP contribution in [-0.2, 0) is 11.2 Å². The number of carbonyl (C=O) groups is 1. The smallest absolute Gasteiger partial charge is 0.254 e. The molecule has 6 rings (SSSR count). The summed E-state index contributed by atoms with van der Waals surface area (Å²) in [4.78, 5) is 13.6. The van der Waals surface area contributed by atoms with Gasteiger partial charge in [-0.1, -0.05) is 66.7 Å². The first-order valence-corrected chi connectivity index (χ1v) is 13.1. The van der Waals surface area contributed by atoms with Crippen LogP contribution in [0, 0.1) is 11.3 Å². The van der Waals surface area contributed by atoms with E-state index in [4.69, 9.17) is 0 Å². The maximum atomic E-state index is 13.6. The van der Waals surface area contributed by atoms with Crippen molar-refractivity contribution >= 4 is 17.1 Å². The second-order valence-corrected chi connectivity index (χ2v) is 9.93. The van der Waals surface area contributed by atoms with E-state index in [0.29, 0.717) is 23.4 Å². The molecule has 0 radical (unpaired) electrons. The second kappa shape index (κ2) is 9.70. The largest absolute Gasteiger partial charge is 0.506 e. The molecule has 1 aliphatic heterocycles. The first kappa shape index (κ1) is 24.3. The predicted octanol–water partition coefficient (Wildman–Crippen LogP) is 6.83. The SMILES string of the molecule is CC(=O)C(=C1c2ccccc2-c2ccccc21)/C(=C(/C)O)[N+]1=C(c2ccc(C#N)cc2)c2ccccc2CC1. The van der Waals surface area contributed by atoms with Gasteiger partial charge in [-0.05, 0) is 72.0 Å². The van der Waals surface area contributed by atoms with Crippen LogP contribution >= 0.6 is 0 Å². The molecule has 0 saturated heterocycles. The highest BCUT2D eigenvalue weighted by atomic mass is 16.3. The van der Waals surface area contributed by atoms with Gasteiger partial charge in [-0.25, -0.2) is 0 Å². The Bertz CT molecular complexity index is 1750. The van der Waals surface area contributed by atoms with Crippen molar-refractivity contribution in [2.45, 2.75) is 20.3 Å². The van der Waals surface area contributed by atoms with Crippen molar-refractivity contribution in [2.24, 2.45) is 0 Å². The summed E-state index contributed by atoms with van der Waals surface area (Å²) in [7, 11) is 0. The Morgan fingerprint density at radius 2 is 1.31 bits per heavy atom. The summed E-state index contributed by atoms with van der Waals surface area (Å²) in [5.74, 6) is -0.0296. The monoisotopic (exact) mass is 507 g/mol. The maximum absolute atomic E-state index is 13.6. The number of ketones is 1. The minimum absolute atomic E-state index is 0.0834. The van der Waals surface area contributed by atoms with Gasteiger partial charge in [0.15, 0.2) is 18.1 Å². The Morgan fingerprint density at radius 1 is 0.769 bits per heavy atom. The number of nitrogens with zero attached hydrogens (tertiary/aromatic N) is 2. The molecular weight excluding hydrogens is 480 g/mol. The maximum Gasteiger partial charge on any atom is 0.254 e. The summed E-state index contributed by atoms with van der Waals surface area (Å²) >= 11 is 0. The first-order chi connectivity index (χ1) is 19.0. The zero-order chi connectivity index (χ0) is 27.1. The van der Waals surface area contributed by atoms with Crippen LogP contribution in [0.1, 0.15) is 47.2 Å². The van der Waals surface area contributed by atoms with Gasteiger partial charge >= 0.3 is 0 Å². The molecule has 0 fully saturated rings. The summed E-state index contributed by atoms with van der Waals surface area (Å²) in [6, 6.07) is 34.2. The van der Waals surface area contributed by atoms with Crippen molar-refractivity contribution in [1.29, 1.82) is 5.26 Å². The molecule has 0 bridgehead atoms. The Morgan fingerprint density at radius 3 is 1.85 bits per heavy atom. The summed E-state index contributed by atoms with van der Waals surface area (Å²) in [5.41, 5.74) is 10.6. The number of hydrogen-bond acceptors (Lipinski definition) is 3. The van der Waals surface area contributed by atoms with Crippen molar-refractivity contribution < 1.29 is 14.5 Å². The molecule has 188 valence electrons. The fraction of sp³-hybridized carbons (Fsp3) is 0.114. The third-order valence-corrected chi connectivity index (χ3v) is 7.57. The van der Waals surface area contributed by atoms with Crippen LogP contribution in [0.15, 0.2) is 114 Å². The average molecular weight is 508 g/mol. The molecule has 4 nitrogen and oxygen atoms in total. The molecule has 0 amide bonds. The number of nitriles is 1. The average Bonchev–Trinajstić information content (AvgIpc) is 3.29. The standard InChI is InChI=1S/C35H26N2O2/c1-22(38)32(33-30-13-7-5-11-28(30)29-12-6-8-14-31(29)33)34(23(2)39)37-20-19-25-9-3-4-10-27(25)35(37)26-17-15-24(21-36)16-18-26/h3-18H,19-20H2,1-2H3/p+1/b34-23+. The number of aliphatic hydroxyl groups is 1. The van der Waals surface area contributed by atoms with Gasteiger partial charge in [0, 0.05) is 17.6 Å². The van der Waals surface area contributed by atoms with Gasteiger partial charge in [-0.3, -0.25) is 4.79 Å². The molecule has 4 aromatic rings. The van der Waals surface area contributed by atoms with Gasteiger partial charge in [0.05, 0.1) is 17.2 Å². The van der Waals surface area contributed by atoms with E-state index in [0.717, 1.165) is 51.1 Å². The van der Waals surface area contributed by atoms with E-state index >= 15 is 0 Å². The molecule has 1 aliphatic carbocycles. The number of aliphatic hydroxyl groups excluding tert-OH is 1. The van der Waals surface area contributed by atoms with Crippen LogP contribution in [0.5, 0.6) is 0 Å². The molecule has 0 aromatic heterocycles. The highest BCUT2D eigenvalue weighted by Gasteiger charge is 2.38. The minimum Gasteiger partial charge on any atom is -0.506 e. The van der Waals surface area contributed by atoms with Gasteiger partial charge in [0.1, 0.15) is 5.57 Å². The molecule has 2 aliphatic rings.